The molecule has 0 aliphatic heterocycles. The van der Waals surface area contributed by atoms with Gasteiger partial charge in [-0.2, -0.15) is 0 Å². The molecule has 0 saturated heterocycles. The van der Waals surface area contributed by atoms with Gasteiger partial charge in [0, 0.05) is 29.5 Å². The van der Waals surface area contributed by atoms with E-state index in [1.54, 1.807) is 32.4 Å². The number of aliphatic hydroxyl groups is 1. The summed E-state index contributed by atoms with van der Waals surface area (Å²) in [5, 5.41) is 11.4. The lowest BCUT2D eigenvalue weighted by Gasteiger charge is -2.15. The van der Waals surface area contributed by atoms with Gasteiger partial charge in [-0.1, -0.05) is 17.7 Å². The number of aromatic nitrogens is 3. The molecule has 2 heterocycles. The number of benzene rings is 1. The van der Waals surface area contributed by atoms with Crippen molar-refractivity contribution in [3.05, 3.63) is 53.7 Å². The molecular weight excluding hydrogens is 286 g/mol. The molecule has 0 unspecified atom stereocenters. The Balaban J connectivity index is 2.04. The Morgan fingerprint density at radius 2 is 1.67 bits per heavy atom. The molecule has 0 amide bonds. The fourth-order valence-corrected chi connectivity index (χ4v) is 2.24. The molecule has 4 nitrogen and oxygen atoms in total. The largest absolute Gasteiger partial charge is 0.382 e. The first kappa shape index (κ1) is 13.9. The number of rotatable bonds is 2. The van der Waals surface area contributed by atoms with Gasteiger partial charge in [0.05, 0.1) is 10.5 Å². The van der Waals surface area contributed by atoms with Gasteiger partial charge >= 0.3 is 0 Å². The first-order valence-corrected chi connectivity index (χ1v) is 6.92. The zero-order valence-electron chi connectivity index (χ0n) is 11.7. The lowest BCUT2D eigenvalue weighted by molar-refractivity contribution is 0.0687. The molecule has 0 saturated carbocycles. The molecule has 3 aromatic rings. The summed E-state index contributed by atoms with van der Waals surface area (Å²) < 4.78 is 0. The Morgan fingerprint density at radius 1 is 0.952 bits per heavy atom. The van der Waals surface area contributed by atoms with E-state index < -0.39 is 5.60 Å². The zero-order chi connectivity index (χ0) is 15.0. The van der Waals surface area contributed by atoms with Crippen LogP contribution in [0.2, 0.25) is 5.02 Å². The number of hydrogen-bond acceptors (Lipinski definition) is 4. The van der Waals surface area contributed by atoms with E-state index >= 15 is 0 Å². The van der Waals surface area contributed by atoms with Gasteiger partial charge in [-0.05, 0) is 37.6 Å². The van der Waals surface area contributed by atoms with Crippen LogP contribution in [0.4, 0.5) is 0 Å². The van der Waals surface area contributed by atoms with Crippen molar-refractivity contribution < 1.29 is 5.11 Å². The summed E-state index contributed by atoms with van der Waals surface area (Å²) in [6.07, 6.45) is 5.05. The van der Waals surface area contributed by atoms with Crippen LogP contribution in [0.5, 0.6) is 0 Å². The second kappa shape index (κ2) is 5.06. The summed E-state index contributed by atoms with van der Waals surface area (Å²) in [6.45, 7) is 3.32. The Hall–Kier alpha value is -2.04. The van der Waals surface area contributed by atoms with Crippen LogP contribution in [0.15, 0.2) is 42.9 Å². The zero-order valence-corrected chi connectivity index (χ0v) is 12.5. The molecule has 1 aromatic carbocycles. The maximum absolute atomic E-state index is 9.87. The fourth-order valence-electron chi connectivity index (χ4n) is 2.08. The summed E-state index contributed by atoms with van der Waals surface area (Å²) in [4.78, 5) is 12.7. The first-order chi connectivity index (χ1) is 9.93. The van der Waals surface area contributed by atoms with E-state index in [1.807, 2.05) is 24.3 Å². The smallest absolute Gasteiger partial charge is 0.159 e. The SMILES string of the molecule is CC(C)(O)c1ncc(-c2ccc3ncc(Cl)cc3c2)cn1. The maximum Gasteiger partial charge on any atom is 0.159 e. The third-order valence-corrected chi connectivity index (χ3v) is 3.39. The van der Waals surface area contributed by atoms with E-state index in [-0.39, 0.29) is 0 Å². The van der Waals surface area contributed by atoms with E-state index in [9.17, 15) is 5.11 Å². The molecule has 0 radical (unpaired) electrons. The van der Waals surface area contributed by atoms with Gasteiger partial charge in [0.15, 0.2) is 5.82 Å². The second-order valence-corrected chi connectivity index (χ2v) is 5.85. The van der Waals surface area contributed by atoms with E-state index in [0.29, 0.717) is 10.8 Å². The number of nitrogens with zero attached hydrogens (tertiary/aromatic N) is 3. The monoisotopic (exact) mass is 299 g/mol. The van der Waals surface area contributed by atoms with E-state index in [4.69, 9.17) is 11.6 Å². The summed E-state index contributed by atoms with van der Waals surface area (Å²) >= 11 is 5.97. The third kappa shape index (κ3) is 2.86. The molecule has 2 aromatic heterocycles. The van der Waals surface area contributed by atoms with Gasteiger partial charge in [0.25, 0.3) is 0 Å². The summed E-state index contributed by atoms with van der Waals surface area (Å²) in [5.41, 5.74) is 1.70. The number of halogens is 1. The van der Waals surface area contributed by atoms with Crippen LogP contribution in [0.1, 0.15) is 19.7 Å². The van der Waals surface area contributed by atoms with Gasteiger partial charge in [-0.3, -0.25) is 4.98 Å². The molecule has 0 aliphatic rings. The van der Waals surface area contributed by atoms with Crippen molar-refractivity contribution in [2.24, 2.45) is 0 Å². The first-order valence-electron chi connectivity index (χ1n) is 6.54. The summed E-state index contributed by atoms with van der Waals surface area (Å²) in [5.74, 6) is 0.400. The van der Waals surface area contributed by atoms with Crippen LogP contribution in [0.25, 0.3) is 22.0 Å². The Bertz CT molecular complexity index is 795. The highest BCUT2D eigenvalue weighted by Crippen LogP contribution is 2.25. The molecular formula is C16H14ClN3O. The lowest BCUT2D eigenvalue weighted by Crippen LogP contribution is -2.19. The highest BCUT2D eigenvalue weighted by Gasteiger charge is 2.19. The molecule has 0 fully saturated rings. The van der Waals surface area contributed by atoms with Gasteiger partial charge < -0.3 is 5.11 Å². The van der Waals surface area contributed by atoms with E-state index in [1.165, 1.54) is 0 Å². The fraction of sp³-hybridized carbons (Fsp3) is 0.188. The quantitative estimate of drug-likeness (QED) is 0.786. The number of fused-ring (bicyclic) bond motifs is 1. The van der Waals surface area contributed by atoms with Crippen molar-refractivity contribution in [2.75, 3.05) is 0 Å². The normalized spacial score (nSPS) is 11.8. The van der Waals surface area contributed by atoms with Crippen LogP contribution in [-0.4, -0.2) is 20.1 Å². The minimum atomic E-state index is -1.04. The van der Waals surface area contributed by atoms with Gasteiger partial charge in [0.2, 0.25) is 0 Å². The van der Waals surface area contributed by atoms with Crippen LogP contribution in [-0.2, 0) is 5.60 Å². The topological polar surface area (TPSA) is 58.9 Å². The van der Waals surface area contributed by atoms with E-state index in [0.717, 1.165) is 22.0 Å². The highest BCUT2D eigenvalue weighted by molar-refractivity contribution is 6.31. The molecule has 0 bridgehead atoms. The van der Waals surface area contributed by atoms with Gasteiger partial charge in [-0.25, -0.2) is 9.97 Å². The van der Waals surface area contributed by atoms with E-state index in [2.05, 4.69) is 15.0 Å². The highest BCUT2D eigenvalue weighted by atomic mass is 35.5. The Labute approximate surface area is 127 Å². The lowest BCUT2D eigenvalue weighted by atomic mass is 10.1. The third-order valence-electron chi connectivity index (χ3n) is 3.18. The van der Waals surface area contributed by atoms with Crippen molar-refractivity contribution in [3.63, 3.8) is 0 Å². The standard InChI is InChI=1S/C16H14ClN3O/c1-16(2,21)15-19-7-12(8-20-15)10-3-4-14-11(5-10)6-13(17)9-18-14/h3-9,21H,1-2H3. The molecule has 21 heavy (non-hydrogen) atoms. The van der Waals surface area contributed by atoms with Crippen LogP contribution < -0.4 is 0 Å². The van der Waals surface area contributed by atoms with Crippen LogP contribution >= 0.6 is 11.6 Å². The van der Waals surface area contributed by atoms with Crippen molar-refractivity contribution >= 4 is 22.5 Å². The predicted molar refractivity (Wildman–Crippen MR) is 83.0 cm³/mol. The maximum atomic E-state index is 9.87. The van der Waals surface area contributed by atoms with Crippen molar-refractivity contribution in [2.45, 2.75) is 19.4 Å². The Kier molecular flexibility index (Phi) is 3.35. The van der Waals surface area contributed by atoms with Crippen molar-refractivity contribution in [1.82, 2.24) is 15.0 Å². The molecule has 1 N–H and O–H groups in total. The van der Waals surface area contributed by atoms with Crippen molar-refractivity contribution in [3.8, 4) is 11.1 Å². The number of pyridine rings is 1. The summed E-state index contributed by atoms with van der Waals surface area (Å²) in [7, 11) is 0. The number of hydrogen-bond donors (Lipinski definition) is 1. The molecule has 5 heteroatoms. The average Bonchev–Trinajstić information content (AvgIpc) is 2.45. The minimum Gasteiger partial charge on any atom is -0.382 e. The molecule has 0 atom stereocenters. The molecule has 3 rings (SSSR count). The molecule has 0 spiro atoms. The summed E-state index contributed by atoms with van der Waals surface area (Å²) in [6, 6.07) is 7.77. The van der Waals surface area contributed by atoms with Crippen LogP contribution in [0, 0.1) is 0 Å². The van der Waals surface area contributed by atoms with Gasteiger partial charge in [0.1, 0.15) is 5.60 Å². The average molecular weight is 300 g/mol. The van der Waals surface area contributed by atoms with Gasteiger partial charge in [-0.15, -0.1) is 0 Å². The van der Waals surface area contributed by atoms with Crippen molar-refractivity contribution in [1.29, 1.82) is 0 Å². The minimum absolute atomic E-state index is 0.400. The second-order valence-electron chi connectivity index (χ2n) is 5.42. The molecule has 0 aliphatic carbocycles. The van der Waals surface area contributed by atoms with Crippen LogP contribution in [0.3, 0.4) is 0 Å². The Morgan fingerprint density at radius 3 is 2.33 bits per heavy atom. The molecule has 106 valence electrons. The predicted octanol–water partition coefficient (Wildman–Crippen LogP) is 3.57.